The van der Waals surface area contributed by atoms with Gasteiger partial charge < -0.3 is 14.9 Å². The highest BCUT2D eigenvalue weighted by Crippen LogP contribution is 2.08. The first-order chi connectivity index (χ1) is 9.04. The summed E-state index contributed by atoms with van der Waals surface area (Å²) in [6.07, 6.45) is 2.08. The van der Waals surface area contributed by atoms with Gasteiger partial charge in [-0.15, -0.1) is 0 Å². The van der Waals surface area contributed by atoms with Crippen molar-refractivity contribution < 1.29 is 19.5 Å². The van der Waals surface area contributed by atoms with E-state index in [1.54, 1.807) is 9.80 Å². The van der Waals surface area contributed by atoms with Crippen LogP contribution in [0.2, 0.25) is 0 Å². The molecule has 0 unspecified atom stereocenters. The van der Waals surface area contributed by atoms with Crippen LogP contribution in [0.1, 0.15) is 39.0 Å². The number of piperazine rings is 1. The molecule has 19 heavy (non-hydrogen) atoms. The third-order valence-corrected chi connectivity index (χ3v) is 3.23. The van der Waals surface area contributed by atoms with Gasteiger partial charge in [-0.2, -0.15) is 0 Å². The lowest BCUT2D eigenvalue weighted by atomic mass is 10.2. The maximum atomic E-state index is 11.8. The van der Waals surface area contributed by atoms with E-state index in [0.717, 1.165) is 6.42 Å². The molecule has 0 aromatic heterocycles. The van der Waals surface area contributed by atoms with Gasteiger partial charge in [0, 0.05) is 45.4 Å². The number of carboxylic acid groups (broad SMARTS) is 1. The fourth-order valence-electron chi connectivity index (χ4n) is 2.13. The molecule has 1 aliphatic heterocycles. The molecule has 6 nitrogen and oxygen atoms in total. The summed E-state index contributed by atoms with van der Waals surface area (Å²) >= 11 is 0. The van der Waals surface area contributed by atoms with Crippen molar-refractivity contribution in [2.45, 2.75) is 39.0 Å². The average molecular weight is 270 g/mol. The zero-order valence-corrected chi connectivity index (χ0v) is 11.4. The SMILES string of the molecule is CCCC(=O)N1CCN(C(=O)CCCC(=O)O)CC1. The second-order valence-electron chi connectivity index (χ2n) is 4.76. The zero-order valence-electron chi connectivity index (χ0n) is 11.4. The molecule has 0 radical (unpaired) electrons. The molecule has 1 heterocycles. The first-order valence-corrected chi connectivity index (χ1v) is 6.82. The second-order valence-corrected chi connectivity index (χ2v) is 4.76. The predicted molar refractivity (Wildman–Crippen MR) is 69.6 cm³/mol. The van der Waals surface area contributed by atoms with Gasteiger partial charge in [0.1, 0.15) is 0 Å². The highest BCUT2D eigenvalue weighted by atomic mass is 16.4. The Labute approximate surface area is 113 Å². The number of carbonyl (C=O) groups is 3. The number of nitrogens with zero attached hydrogens (tertiary/aromatic N) is 2. The van der Waals surface area contributed by atoms with Crippen molar-refractivity contribution in [1.29, 1.82) is 0 Å². The van der Waals surface area contributed by atoms with Crippen molar-refractivity contribution in [1.82, 2.24) is 9.80 Å². The number of aliphatic carboxylic acids is 1. The van der Waals surface area contributed by atoms with Crippen LogP contribution in [0.3, 0.4) is 0 Å². The molecule has 0 aromatic carbocycles. The van der Waals surface area contributed by atoms with E-state index in [-0.39, 0.29) is 24.7 Å². The summed E-state index contributed by atoms with van der Waals surface area (Å²) in [5.41, 5.74) is 0. The van der Waals surface area contributed by atoms with Crippen LogP contribution in [-0.4, -0.2) is 58.9 Å². The average Bonchev–Trinajstić information content (AvgIpc) is 2.38. The number of amides is 2. The van der Waals surface area contributed by atoms with Crippen LogP contribution in [-0.2, 0) is 14.4 Å². The van der Waals surface area contributed by atoms with Gasteiger partial charge in [-0.1, -0.05) is 6.92 Å². The predicted octanol–water partition coefficient (Wildman–Crippen LogP) is 0.712. The molecular weight excluding hydrogens is 248 g/mol. The maximum absolute atomic E-state index is 11.8. The molecule has 2 amide bonds. The molecule has 1 N–H and O–H groups in total. The minimum Gasteiger partial charge on any atom is -0.481 e. The summed E-state index contributed by atoms with van der Waals surface area (Å²) in [7, 11) is 0. The van der Waals surface area contributed by atoms with Crippen LogP contribution < -0.4 is 0 Å². The molecule has 1 rings (SSSR count). The van der Waals surface area contributed by atoms with Crippen molar-refractivity contribution in [3.8, 4) is 0 Å². The molecule has 108 valence electrons. The summed E-state index contributed by atoms with van der Waals surface area (Å²) in [5, 5.41) is 8.51. The van der Waals surface area contributed by atoms with E-state index in [1.165, 1.54) is 0 Å². The first kappa shape index (κ1) is 15.5. The smallest absolute Gasteiger partial charge is 0.303 e. The molecule has 0 bridgehead atoms. The topological polar surface area (TPSA) is 77.9 Å². The van der Waals surface area contributed by atoms with Gasteiger partial charge in [0.2, 0.25) is 11.8 Å². The number of rotatable bonds is 6. The molecule has 1 aliphatic rings. The summed E-state index contributed by atoms with van der Waals surface area (Å²) in [5.74, 6) is -0.730. The molecule has 0 saturated carbocycles. The lowest BCUT2D eigenvalue weighted by Crippen LogP contribution is -2.50. The van der Waals surface area contributed by atoms with Crippen molar-refractivity contribution in [3.05, 3.63) is 0 Å². The Bertz CT molecular complexity index is 336. The molecule has 0 atom stereocenters. The van der Waals surface area contributed by atoms with Crippen molar-refractivity contribution in [3.63, 3.8) is 0 Å². The van der Waals surface area contributed by atoms with Gasteiger partial charge >= 0.3 is 5.97 Å². The Balaban J connectivity index is 2.27. The Hall–Kier alpha value is -1.59. The monoisotopic (exact) mass is 270 g/mol. The fourth-order valence-corrected chi connectivity index (χ4v) is 2.13. The first-order valence-electron chi connectivity index (χ1n) is 6.82. The van der Waals surface area contributed by atoms with Crippen molar-refractivity contribution in [2.24, 2.45) is 0 Å². The molecule has 1 fully saturated rings. The van der Waals surface area contributed by atoms with E-state index in [9.17, 15) is 14.4 Å². The minimum absolute atomic E-state index is 0.0103. The summed E-state index contributed by atoms with van der Waals surface area (Å²) in [6.45, 7) is 4.26. The van der Waals surface area contributed by atoms with Crippen LogP contribution in [0.25, 0.3) is 0 Å². The van der Waals surface area contributed by atoms with E-state index in [2.05, 4.69) is 0 Å². The normalized spacial score (nSPS) is 15.4. The Morgan fingerprint density at radius 1 is 0.895 bits per heavy atom. The summed E-state index contributed by atoms with van der Waals surface area (Å²) in [4.78, 5) is 37.4. The molecule has 0 aromatic rings. The van der Waals surface area contributed by atoms with Crippen molar-refractivity contribution in [2.75, 3.05) is 26.2 Å². The van der Waals surface area contributed by atoms with Crippen LogP contribution in [0.4, 0.5) is 0 Å². The van der Waals surface area contributed by atoms with Crippen molar-refractivity contribution >= 4 is 17.8 Å². The highest BCUT2D eigenvalue weighted by molar-refractivity contribution is 5.78. The molecule has 6 heteroatoms. The van der Waals surface area contributed by atoms with Gasteiger partial charge in [0.15, 0.2) is 0 Å². The quantitative estimate of drug-likeness (QED) is 0.771. The molecular formula is C13H22N2O4. The Kier molecular flexibility index (Phi) is 6.32. The third-order valence-electron chi connectivity index (χ3n) is 3.23. The van der Waals surface area contributed by atoms with Gasteiger partial charge in [0.25, 0.3) is 0 Å². The number of hydrogen-bond donors (Lipinski definition) is 1. The lowest BCUT2D eigenvalue weighted by Gasteiger charge is -2.34. The lowest BCUT2D eigenvalue weighted by molar-refractivity contribution is -0.140. The van der Waals surface area contributed by atoms with Crippen LogP contribution in [0.15, 0.2) is 0 Å². The zero-order chi connectivity index (χ0) is 14.3. The van der Waals surface area contributed by atoms with Gasteiger partial charge in [-0.3, -0.25) is 14.4 Å². The van der Waals surface area contributed by atoms with Gasteiger partial charge in [0.05, 0.1) is 0 Å². The van der Waals surface area contributed by atoms with Crippen LogP contribution in [0.5, 0.6) is 0 Å². The molecule has 0 spiro atoms. The summed E-state index contributed by atoms with van der Waals surface area (Å²) in [6, 6.07) is 0. The van der Waals surface area contributed by atoms with Crippen LogP contribution in [0, 0.1) is 0 Å². The number of carbonyl (C=O) groups excluding carboxylic acids is 2. The van der Waals surface area contributed by atoms with Gasteiger partial charge in [-0.25, -0.2) is 0 Å². The Morgan fingerprint density at radius 3 is 1.79 bits per heavy atom. The fraction of sp³-hybridized carbons (Fsp3) is 0.769. The largest absolute Gasteiger partial charge is 0.481 e. The molecule has 0 aliphatic carbocycles. The highest BCUT2D eigenvalue weighted by Gasteiger charge is 2.23. The Morgan fingerprint density at radius 2 is 1.37 bits per heavy atom. The van der Waals surface area contributed by atoms with E-state index in [1.807, 2.05) is 6.92 Å². The van der Waals surface area contributed by atoms with E-state index < -0.39 is 5.97 Å². The molecule has 1 saturated heterocycles. The van der Waals surface area contributed by atoms with E-state index in [0.29, 0.717) is 39.0 Å². The standard InChI is InChI=1S/C13H22N2O4/c1-2-4-11(16)14-7-9-15(10-8-14)12(17)5-3-6-13(18)19/h2-10H2,1H3,(H,18,19). The third kappa shape index (κ3) is 5.28. The number of hydrogen-bond acceptors (Lipinski definition) is 3. The van der Waals surface area contributed by atoms with Gasteiger partial charge in [-0.05, 0) is 12.8 Å². The summed E-state index contributed by atoms with van der Waals surface area (Å²) < 4.78 is 0. The second kappa shape index (κ2) is 7.76. The maximum Gasteiger partial charge on any atom is 0.303 e. The van der Waals surface area contributed by atoms with E-state index in [4.69, 9.17) is 5.11 Å². The van der Waals surface area contributed by atoms with E-state index >= 15 is 0 Å². The number of carboxylic acids is 1. The minimum atomic E-state index is -0.872. The van der Waals surface area contributed by atoms with Crippen LogP contribution >= 0.6 is 0 Å².